The summed E-state index contributed by atoms with van der Waals surface area (Å²) in [7, 11) is 3.31. The minimum Gasteiger partial charge on any atom is -0.497 e. The fourth-order valence-electron chi connectivity index (χ4n) is 3.98. The van der Waals surface area contributed by atoms with E-state index in [2.05, 4.69) is 33.4 Å². The molecule has 0 saturated heterocycles. The van der Waals surface area contributed by atoms with Crippen molar-refractivity contribution in [2.75, 3.05) is 19.5 Å². The zero-order chi connectivity index (χ0) is 20.4. The Morgan fingerprint density at radius 3 is 2.07 bits per heavy atom. The number of methoxy groups -OCH3 is 2. The average Bonchev–Trinajstić information content (AvgIpc) is 3.51. The number of rotatable bonds is 6. The van der Waals surface area contributed by atoms with Crippen LogP contribution < -0.4 is 14.8 Å². The van der Waals surface area contributed by atoms with Crippen LogP contribution in [0, 0.1) is 5.92 Å². The Hall–Kier alpha value is -2.79. The van der Waals surface area contributed by atoms with E-state index in [4.69, 9.17) is 9.47 Å². The molecule has 0 aliphatic heterocycles. The number of benzene rings is 3. The fraction of sp³-hybridized carbons (Fsp3) is 0.208. The van der Waals surface area contributed by atoms with E-state index >= 15 is 0 Å². The van der Waals surface area contributed by atoms with Crippen molar-refractivity contribution in [3.05, 3.63) is 88.4 Å². The van der Waals surface area contributed by atoms with Gasteiger partial charge in [-0.05, 0) is 60.0 Å². The van der Waals surface area contributed by atoms with Crippen molar-refractivity contribution in [1.82, 2.24) is 0 Å². The number of nitrogens with one attached hydrogen (secondary N) is 1. The minimum absolute atomic E-state index is 0.00809. The van der Waals surface area contributed by atoms with Gasteiger partial charge in [-0.1, -0.05) is 46.3 Å². The summed E-state index contributed by atoms with van der Waals surface area (Å²) in [4.78, 5) is 13.2. The quantitative estimate of drug-likeness (QED) is 0.544. The van der Waals surface area contributed by atoms with Gasteiger partial charge in [-0.2, -0.15) is 0 Å². The van der Waals surface area contributed by atoms with E-state index < -0.39 is 5.41 Å². The molecule has 1 amide bonds. The molecule has 0 heterocycles. The normalized spacial score (nSPS) is 16.7. The first kappa shape index (κ1) is 19.5. The number of hydrogen-bond donors (Lipinski definition) is 1. The van der Waals surface area contributed by atoms with Crippen LogP contribution in [0.25, 0.3) is 0 Å². The number of amides is 1. The first-order valence-corrected chi connectivity index (χ1v) is 10.2. The van der Waals surface area contributed by atoms with Gasteiger partial charge < -0.3 is 14.8 Å². The first-order chi connectivity index (χ1) is 14.1. The SMILES string of the molecule is COc1cccc(C2(c3cccc(OC)c3)C[C@H]2C(=O)Nc2cccc(Br)c2)c1. The molecule has 29 heavy (non-hydrogen) atoms. The zero-order valence-electron chi connectivity index (χ0n) is 16.3. The molecule has 4 rings (SSSR count). The molecule has 0 unspecified atom stereocenters. The van der Waals surface area contributed by atoms with E-state index in [1.807, 2.05) is 60.7 Å². The van der Waals surface area contributed by atoms with Gasteiger partial charge in [-0.25, -0.2) is 0 Å². The van der Waals surface area contributed by atoms with Crippen LogP contribution in [0.4, 0.5) is 5.69 Å². The lowest BCUT2D eigenvalue weighted by atomic mass is 9.85. The second kappa shape index (κ2) is 7.91. The summed E-state index contributed by atoms with van der Waals surface area (Å²) in [5.41, 5.74) is 2.51. The van der Waals surface area contributed by atoms with Gasteiger partial charge in [-0.15, -0.1) is 0 Å². The molecule has 5 heteroatoms. The van der Waals surface area contributed by atoms with Crippen molar-refractivity contribution in [2.45, 2.75) is 11.8 Å². The van der Waals surface area contributed by atoms with Crippen LogP contribution in [0.15, 0.2) is 77.3 Å². The lowest BCUT2D eigenvalue weighted by Crippen LogP contribution is -2.22. The smallest absolute Gasteiger partial charge is 0.228 e. The Morgan fingerprint density at radius 1 is 0.931 bits per heavy atom. The summed E-state index contributed by atoms with van der Waals surface area (Å²) in [5, 5.41) is 3.06. The van der Waals surface area contributed by atoms with E-state index in [9.17, 15) is 4.79 Å². The van der Waals surface area contributed by atoms with Crippen LogP contribution in [-0.4, -0.2) is 20.1 Å². The van der Waals surface area contributed by atoms with Gasteiger partial charge in [0.15, 0.2) is 0 Å². The third kappa shape index (κ3) is 3.75. The number of hydrogen-bond acceptors (Lipinski definition) is 3. The Balaban J connectivity index is 1.71. The molecular formula is C24H22BrNO3. The number of ether oxygens (including phenoxy) is 2. The molecule has 3 aromatic carbocycles. The van der Waals surface area contributed by atoms with Gasteiger partial charge >= 0.3 is 0 Å². The lowest BCUT2D eigenvalue weighted by molar-refractivity contribution is -0.117. The van der Waals surface area contributed by atoms with Crippen molar-refractivity contribution in [3.8, 4) is 11.5 Å². The third-order valence-corrected chi connectivity index (χ3v) is 6.03. The second-order valence-corrected chi connectivity index (χ2v) is 8.11. The van der Waals surface area contributed by atoms with Gasteiger partial charge in [0.2, 0.25) is 5.91 Å². The molecule has 1 aliphatic carbocycles. The topological polar surface area (TPSA) is 47.6 Å². The summed E-state index contributed by atoms with van der Waals surface area (Å²) in [6.45, 7) is 0. The zero-order valence-corrected chi connectivity index (χ0v) is 17.9. The average molecular weight is 452 g/mol. The molecule has 1 aliphatic rings. The molecule has 1 atom stereocenters. The van der Waals surface area contributed by atoms with Gasteiger partial charge in [-0.3, -0.25) is 4.79 Å². The molecule has 1 saturated carbocycles. The van der Waals surface area contributed by atoms with Crippen molar-refractivity contribution in [1.29, 1.82) is 0 Å². The monoisotopic (exact) mass is 451 g/mol. The maximum atomic E-state index is 13.2. The molecule has 1 fully saturated rings. The highest BCUT2D eigenvalue weighted by Gasteiger charge is 2.60. The molecular weight excluding hydrogens is 430 g/mol. The largest absolute Gasteiger partial charge is 0.497 e. The first-order valence-electron chi connectivity index (χ1n) is 9.42. The van der Waals surface area contributed by atoms with Gasteiger partial charge in [0.05, 0.1) is 20.1 Å². The van der Waals surface area contributed by atoms with E-state index in [0.29, 0.717) is 0 Å². The molecule has 0 bridgehead atoms. The molecule has 148 valence electrons. The molecule has 4 nitrogen and oxygen atoms in total. The van der Waals surface area contributed by atoms with Crippen LogP contribution >= 0.6 is 15.9 Å². The predicted octanol–water partition coefficient (Wildman–Crippen LogP) is 5.41. The third-order valence-electron chi connectivity index (χ3n) is 5.54. The van der Waals surface area contributed by atoms with Crippen LogP contribution in [0.3, 0.4) is 0 Å². The highest BCUT2D eigenvalue weighted by molar-refractivity contribution is 9.10. The highest BCUT2D eigenvalue weighted by Crippen LogP contribution is 2.60. The Kier molecular flexibility index (Phi) is 5.33. The van der Waals surface area contributed by atoms with Crippen molar-refractivity contribution in [2.24, 2.45) is 5.92 Å². The van der Waals surface area contributed by atoms with Crippen LogP contribution in [-0.2, 0) is 10.2 Å². The van der Waals surface area contributed by atoms with Crippen LogP contribution in [0.5, 0.6) is 11.5 Å². The lowest BCUT2D eigenvalue weighted by Gasteiger charge is -2.20. The maximum Gasteiger partial charge on any atom is 0.228 e. The number of halogens is 1. The minimum atomic E-state index is -0.404. The summed E-state index contributed by atoms with van der Waals surface area (Å²) in [6, 6.07) is 23.6. The summed E-state index contributed by atoms with van der Waals surface area (Å²) < 4.78 is 11.8. The van der Waals surface area contributed by atoms with E-state index in [0.717, 1.165) is 39.2 Å². The molecule has 0 spiro atoms. The van der Waals surface area contributed by atoms with Gasteiger partial charge in [0.1, 0.15) is 11.5 Å². The molecule has 3 aromatic rings. The van der Waals surface area contributed by atoms with Crippen molar-refractivity contribution >= 4 is 27.5 Å². The van der Waals surface area contributed by atoms with Crippen LogP contribution in [0.2, 0.25) is 0 Å². The number of carbonyl (C=O) groups is 1. The molecule has 0 aromatic heterocycles. The van der Waals surface area contributed by atoms with Gasteiger partial charge in [0, 0.05) is 15.6 Å². The standard InChI is InChI=1S/C24H22BrNO3/c1-28-20-10-3-6-16(12-20)24(17-7-4-11-21(13-17)29-2)15-22(24)23(27)26-19-9-5-8-18(25)14-19/h3-14,22H,15H2,1-2H3,(H,26,27)/t22-/m0/s1. The fourth-order valence-corrected chi connectivity index (χ4v) is 4.38. The highest BCUT2D eigenvalue weighted by atomic mass is 79.9. The van der Waals surface area contributed by atoms with Gasteiger partial charge in [0.25, 0.3) is 0 Å². The van der Waals surface area contributed by atoms with E-state index in [1.165, 1.54) is 0 Å². The van der Waals surface area contributed by atoms with Crippen molar-refractivity contribution in [3.63, 3.8) is 0 Å². The second-order valence-electron chi connectivity index (χ2n) is 7.19. The Morgan fingerprint density at radius 2 is 1.52 bits per heavy atom. The summed E-state index contributed by atoms with van der Waals surface area (Å²) >= 11 is 3.45. The predicted molar refractivity (Wildman–Crippen MR) is 118 cm³/mol. The Bertz CT molecular complexity index is 1000. The summed E-state index contributed by atoms with van der Waals surface area (Å²) in [5.74, 6) is 1.39. The Labute approximate surface area is 179 Å². The van der Waals surface area contributed by atoms with Crippen molar-refractivity contribution < 1.29 is 14.3 Å². The van der Waals surface area contributed by atoms with E-state index in [1.54, 1.807) is 14.2 Å². The molecule has 0 radical (unpaired) electrons. The number of anilines is 1. The molecule has 1 N–H and O–H groups in total. The van der Waals surface area contributed by atoms with Crippen LogP contribution in [0.1, 0.15) is 17.5 Å². The maximum absolute atomic E-state index is 13.2. The van der Waals surface area contributed by atoms with E-state index in [-0.39, 0.29) is 11.8 Å². The number of carbonyl (C=O) groups excluding carboxylic acids is 1. The summed E-state index contributed by atoms with van der Waals surface area (Å²) in [6.07, 6.45) is 0.729.